The first-order valence-electron chi connectivity index (χ1n) is 8.82. The number of nitrogens with two attached hydrogens (primary N) is 1. The van der Waals surface area contributed by atoms with Crippen LogP contribution in [0.4, 0.5) is 11.4 Å². The summed E-state index contributed by atoms with van der Waals surface area (Å²) in [5, 5.41) is 0. The number of aryl methyl sites for hydroxylation is 1. The van der Waals surface area contributed by atoms with Gasteiger partial charge in [-0.05, 0) is 55.9 Å². The largest absolute Gasteiger partial charge is 0.449 e. The van der Waals surface area contributed by atoms with E-state index in [9.17, 15) is 4.79 Å². The van der Waals surface area contributed by atoms with Gasteiger partial charge in [0.05, 0.1) is 5.69 Å². The summed E-state index contributed by atoms with van der Waals surface area (Å²) in [4.78, 5) is 16.8. The third kappa shape index (κ3) is 3.89. The molecule has 1 aliphatic rings. The number of likely N-dealkylation sites (N-methyl/N-ethyl adjacent to an activating group) is 1. The monoisotopic (exact) mass is 351 g/mol. The van der Waals surface area contributed by atoms with Crippen molar-refractivity contribution < 1.29 is 9.53 Å². The Morgan fingerprint density at radius 1 is 1.15 bits per heavy atom. The van der Waals surface area contributed by atoms with Gasteiger partial charge >= 0.3 is 0 Å². The van der Waals surface area contributed by atoms with Crippen LogP contribution >= 0.6 is 0 Å². The van der Waals surface area contributed by atoms with Gasteiger partial charge in [0.15, 0.2) is 11.5 Å². The SMILES string of the molecule is CCc1ccc(/C=C2/Oc3ccc(N)cc3N(CCN(C)C)C2=O)cc1. The minimum atomic E-state index is -0.149. The van der Waals surface area contributed by atoms with E-state index in [1.807, 2.05) is 37.2 Å². The van der Waals surface area contributed by atoms with Gasteiger partial charge in [0.25, 0.3) is 5.91 Å². The van der Waals surface area contributed by atoms with Crippen LogP contribution in [0.3, 0.4) is 0 Å². The van der Waals surface area contributed by atoms with E-state index in [1.54, 1.807) is 23.1 Å². The second-order valence-electron chi connectivity index (χ2n) is 6.69. The summed E-state index contributed by atoms with van der Waals surface area (Å²) in [6, 6.07) is 13.5. The van der Waals surface area contributed by atoms with Crippen LogP contribution in [0, 0.1) is 0 Å². The number of hydrogen-bond acceptors (Lipinski definition) is 4. The van der Waals surface area contributed by atoms with Crippen LogP contribution in [0.1, 0.15) is 18.1 Å². The fourth-order valence-electron chi connectivity index (χ4n) is 2.85. The highest BCUT2D eigenvalue weighted by molar-refractivity contribution is 6.10. The zero-order chi connectivity index (χ0) is 18.7. The van der Waals surface area contributed by atoms with Crippen molar-refractivity contribution in [3.05, 3.63) is 59.4 Å². The molecule has 0 bridgehead atoms. The Morgan fingerprint density at radius 2 is 1.88 bits per heavy atom. The first-order valence-corrected chi connectivity index (χ1v) is 8.82. The highest BCUT2D eigenvalue weighted by Crippen LogP contribution is 2.37. The number of fused-ring (bicyclic) bond motifs is 1. The molecule has 1 aliphatic heterocycles. The van der Waals surface area contributed by atoms with Crippen LogP contribution in [0.2, 0.25) is 0 Å². The highest BCUT2D eigenvalue weighted by Gasteiger charge is 2.30. The number of rotatable bonds is 5. The van der Waals surface area contributed by atoms with E-state index in [0.717, 1.165) is 24.2 Å². The molecule has 0 radical (unpaired) electrons. The lowest BCUT2D eigenvalue weighted by Crippen LogP contribution is -2.41. The van der Waals surface area contributed by atoms with Crippen LogP contribution in [0.5, 0.6) is 5.75 Å². The van der Waals surface area contributed by atoms with E-state index in [0.29, 0.717) is 23.7 Å². The molecule has 0 saturated heterocycles. The normalized spacial score (nSPS) is 15.3. The van der Waals surface area contributed by atoms with Gasteiger partial charge in [-0.3, -0.25) is 4.79 Å². The lowest BCUT2D eigenvalue weighted by atomic mass is 10.1. The van der Waals surface area contributed by atoms with Gasteiger partial charge in [-0.15, -0.1) is 0 Å². The van der Waals surface area contributed by atoms with Crippen LogP contribution in [0.15, 0.2) is 48.2 Å². The summed E-state index contributed by atoms with van der Waals surface area (Å²) in [6.07, 6.45) is 2.78. The summed E-state index contributed by atoms with van der Waals surface area (Å²) in [7, 11) is 3.97. The van der Waals surface area contributed by atoms with Crippen molar-refractivity contribution in [3.63, 3.8) is 0 Å². The molecule has 0 atom stereocenters. The van der Waals surface area contributed by atoms with Crippen molar-refractivity contribution in [2.24, 2.45) is 0 Å². The number of anilines is 2. The number of carbonyl (C=O) groups excluding carboxylic acids is 1. The average molecular weight is 351 g/mol. The molecule has 1 amide bonds. The Hall–Kier alpha value is -2.79. The molecule has 5 heteroatoms. The molecule has 3 rings (SSSR count). The topological polar surface area (TPSA) is 58.8 Å². The minimum Gasteiger partial charge on any atom is -0.449 e. The van der Waals surface area contributed by atoms with Crippen LogP contribution in [-0.4, -0.2) is 38.0 Å². The number of nitrogen functional groups attached to an aromatic ring is 1. The van der Waals surface area contributed by atoms with Crippen molar-refractivity contribution in [2.45, 2.75) is 13.3 Å². The molecule has 2 aromatic carbocycles. The first-order chi connectivity index (χ1) is 12.5. The molecule has 136 valence electrons. The Morgan fingerprint density at radius 3 is 2.54 bits per heavy atom. The third-order valence-electron chi connectivity index (χ3n) is 4.41. The van der Waals surface area contributed by atoms with E-state index < -0.39 is 0 Å². The quantitative estimate of drug-likeness (QED) is 0.664. The van der Waals surface area contributed by atoms with Gasteiger partial charge in [0.2, 0.25) is 0 Å². The van der Waals surface area contributed by atoms with Gasteiger partial charge < -0.3 is 20.3 Å². The molecule has 2 aromatic rings. The molecular weight excluding hydrogens is 326 g/mol. The number of ether oxygens (including phenoxy) is 1. The molecule has 0 unspecified atom stereocenters. The molecule has 0 saturated carbocycles. The van der Waals surface area contributed by atoms with E-state index in [-0.39, 0.29) is 5.91 Å². The summed E-state index contributed by atoms with van der Waals surface area (Å²) in [5.74, 6) is 0.823. The lowest BCUT2D eigenvalue weighted by molar-refractivity contribution is -0.117. The smallest absolute Gasteiger partial charge is 0.294 e. The number of amides is 1. The summed E-state index contributed by atoms with van der Waals surface area (Å²) in [6.45, 7) is 3.43. The number of hydrogen-bond donors (Lipinski definition) is 1. The Bertz CT molecular complexity index is 826. The van der Waals surface area contributed by atoms with Gasteiger partial charge in [0, 0.05) is 18.8 Å². The van der Waals surface area contributed by atoms with E-state index in [2.05, 4.69) is 19.1 Å². The van der Waals surface area contributed by atoms with Crippen molar-refractivity contribution in [1.82, 2.24) is 4.90 Å². The van der Waals surface area contributed by atoms with Crippen molar-refractivity contribution in [3.8, 4) is 5.75 Å². The Balaban J connectivity index is 1.95. The van der Waals surface area contributed by atoms with Crippen molar-refractivity contribution >= 4 is 23.4 Å². The molecule has 1 heterocycles. The molecule has 26 heavy (non-hydrogen) atoms. The maximum absolute atomic E-state index is 13.0. The van der Waals surface area contributed by atoms with E-state index in [1.165, 1.54) is 5.56 Å². The molecule has 0 fully saturated rings. The van der Waals surface area contributed by atoms with Gasteiger partial charge in [-0.2, -0.15) is 0 Å². The molecule has 0 aliphatic carbocycles. The van der Waals surface area contributed by atoms with Gasteiger partial charge in [-0.25, -0.2) is 0 Å². The molecule has 2 N–H and O–H groups in total. The predicted molar refractivity (Wildman–Crippen MR) is 106 cm³/mol. The fourth-order valence-corrected chi connectivity index (χ4v) is 2.85. The van der Waals surface area contributed by atoms with Gasteiger partial charge in [0.1, 0.15) is 0 Å². The molecule has 5 nitrogen and oxygen atoms in total. The predicted octanol–water partition coefficient (Wildman–Crippen LogP) is 3.16. The van der Waals surface area contributed by atoms with E-state index in [4.69, 9.17) is 10.5 Å². The standard InChI is InChI=1S/C21H25N3O2/c1-4-15-5-7-16(8-6-15)13-20-21(25)24(12-11-23(2)3)18-14-17(22)9-10-19(18)26-20/h5-10,13-14H,4,11-12,22H2,1-3H3/b20-13+. The maximum atomic E-state index is 13.0. The first kappa shape index (κ1) is 18.0. The Kier molecular flexibility index (Phi) is 5.28. The van der Waals surface area contributed by atoms with Gasteiger partial charge in [-0.1, -0.05) is 31.2 Å². The zero-order valence-corrected chi connectivity index (χ0v) is 15.5. The van der Waals surface area contributed by atoms with Crippen molar-refractivity contribution in [1.29, 1.82) is 0 Å². The minimum absolute atomic E-state index is 0.149. The van der Waals surface area contributed by atoms with Crippen molar-refractivity contribution in [2.75, 3.05) is 37.8 Å². The van der Waals surface area contributed by atoms with Crippen LogP contribution in [0.25, 0.3) is 6.08 Å². The summed E-state index contributed by atoms with van der Waals surface area (Å²) >= 11 is 0. The summed E-state index contributed by atoms with van der Waals surface area (Å²) in [5.41, 5.74) is 9.44. The number of nitrogens with zero attached hydrogens (tertiary/aromatic N) is 2. The fraction of sp³-hybridized carbons (Fsp3) is 0.286. The molecule has 0 aromatic heterocycles. The highest BCUT2D eigenvalue weighted by atomic mass is 16.5. The van der Waals surface area contributed by atoms with E-state index >= 15 is 0 Å². The average Bonchev–Trinajstić information content (AvgIpc) is 2.62. The van der Waals surface area contributed by atoms with Crippen LogP contribution < -0.4 is 15.4 Å². The summed E-state index contributed by atoms with van der Waals surface area (Å²) < 4.78 is 5.90. The third-order valence-corrected chi connectivity index (χ3v) is 4.41. The zero-order valence-electron chi connectivity index (χ0n) is 15.5. The second kappa shape index (κ2) is 7.62. The van der Waals surface area contributed by atoms with Crippen LogP contribution in [-0.2, 0) is 11.2 Å². The molecular formula is C21H25N3O2. The number of carbonyl (C=O) groups is 1. The maximum Gasteiger partial charge on any atom is 0.294 e. The second-order valence-corrected chi connectivity index (χ2v) is 6.69. The number of benzene rings is 2. The Labute approximate surface area is 154 Å². The molecule has 0 spiro atoms. The lowest BCUT2D eigenvalue weighted by Gasteiger charge is -2.31.